The summed E-state index contributed by atoms with van der Waals surface area (Å²) >= 11 is 0. The van der Waals surface area contributed by atoms with E-state index in [1.165, 1.54) is 31.7 Å². The quantitative estimate of drug-likeness (QED) is 0.751. The maximum atomic E-state index is 13.3. The molecule has 0 atom stereocenters. The Kier molecular flexibility index (Phi) is 5.62. The fraction of sp³-hybridized carbons (Fsp3) is 0.600. The molecule has 0 heterocycles. The molecule has 2 rings (SSSR count). The molecule has 1 saturated carbocycles. The molecule has 0 unspecified atom stereocenters. The highest BCUT2D eigenvalue weighted by atomic mass is 19.1. The lowest BCUT2D eigenvalue weighted by Crippen LogP contribution is -2.27. The average molecular weight is 251 g/mol. The first kappa shape index (κ1) is 13.5. The number of rotatable bonds is 7. The lowest BCUT2D eigenvalue weighted by Gasteiger charge is -2.11. The summed E-state index contributed by atoms with van der Waals surface area (Å²) in [5.41, 5.74) is 0.640. The van der Waals surface area contributed by atoms with Gasteiger partial charge in [0.25, 0.3) is 0 Å². The molecule has 0 radical (unpaired) electrons. The van der Waals surface area contributed by atoms with Crippen molar-refractivity contribution in [3.8, 4) is 0 Å². The van der Waals surface area contributed by atoms with Crippen molar-refractivity contribution in [3.63, 3.8) is 0 Å². The van der Waals surface area contributed by atoms with Crippen molar-refractivity contribution in [3.05, 3.63) is 35.6 Å². The van der Waals surface area contributed by atoms with Gasteiger partial charge in [-0.3, -0.25) is 0 Å². The topological polar surface area (TPSA) is 21.3 Å². The third-order valence-electron chi connectivity index (χ3n) is 3.47. The molecule has 0 aromatic heterocycles. The summed E-state index contributed by atoms with van der Waals surface area (Å²) in [5.74, 6) is -0.179. The zero-order chi connectivity index (χ0) is 12.6. The highest BCUT2D eigenvalue weighted by Crippen LogP contribution is 2.17. The molecule has 1 fully saturated rings. The van der Waals surface area contributed by atoms with Gasteiger partial charge in [0.2, 0.25) is 0 Å². The molecule has 1 aromatic rings. The van der Waals surface area contributed by atoms with Crippen LogP contribution in [0, 0.1) is 5.82 Å². The Hall–Kier alpha value is -0.930. The summed E-state index contributed by atoms with van der Waals surface area (Å²) in [7, 11) is 0. The Morgan fingerprint density at radius 3 is 2.78 bits per heavy atom. The Morgan fingerprint density at radius 1 is 1.22 bits per heavy atom. The van der Waals surface area contributed by atoms with Gasteiger partial charge in [0.15, 0.2) is 0 Å². The number of halogens is 1. The van der Waals surface area contributed by atoms with Crippen LogP contribution in [0.4, 0.5) is 4.39 Å². The normalized spacial score (nSPS) is 16.3. The van der Waals surface area contributed by atoms with Crippen LogP contribution in [-0.2, 0) is 11.3 Å². The monoisotopic (exact) mass is 251 g/mol. The SMILES string of the molecule is Fc1ccccc1COCCCNC1CCCC1. The van der Waals surface area contributed by atoms with E-state index in [2.05, 4.69) is 5.32 Å². The predicted octanol–water partition coefficient (Wildman–Crippen LogP) is 3.26. The van der Waals surface area contributed by atoms with Crippen LogP contribution >= 0.6 is 0 Å². The van der Waals surface area contributed by atoms with Gasteiger partial charge in [-0.1, -0.05) is 31.0 Å². The molecule has 1 aromatic carbocycles. The van der Waals surface area contributed by atoms with Gasteiger partial charge in [0.05, 0.1) is 6.61 Å². The van der Waals surface area contributed by atoms with Gasteiger partial charge in [-0.05, 0) is 31.9 Å². The summed E-state index contributed by atoms with van der Waals surface area (Å²) in [6, 6.07) is 7.50. The van der Waals surface area contributed by atoms with E-state index < -0.39 is 0 Å². The molecule has 1 aliphatic rings. The molecule has 3 heteroatoms. The fourth-order valence-electron chi connectivity index (χ4n) is 2.41. The van der Waals surface area contributed by atoms with Crippen LogP contribution in [0.15, 0.2) is 24.3 Å². The molecule has 2 nitrogen and oxygen atoms in total. The van der Waals surface area contributed by atoms with Crippen molar-refractivity contribution in [1.82, 2.24) is 5.32 Å². The van der Waals surface area contributed by atoms with Crippen LogP contribution in [0.25, 0.3) is 0 Å². The van der Waals surface area contributed by atoms with Gasteiger partial charge in [-0.15, -0.1) is 0 Å². The van der Waals surface area contributed by atoms with Gasteiger partial charge in [0, 0.05) is 18.2 Å². The van der Waals surface area contributed by atoms with Crippen LogP contribution in [0.3, 0.4) is 0 Å². The summed E-state index contributed by atoms with van der Waals surface area (Å²) in [4.78, 5) is 0. The van der Waals surface area contributed by atoms with E-state index in [9.17, 15) is 4.39 Å². The Balaban J connectivity index is 1.52. The molecular weight excluding hydrogens is 229 g/mol. The second kappa shape index (κ2) is 7.49. The van der Waals surface area contributed by atoms with E-state index in [-0.39, 0.29) is 5.82 Å². The van der Waals surface area contributed by atoms with Crippen LogP contribution in [0.2, 0.25) is 0 Å². The molecule has 18 heavy (non-hydrogen) atoms. The maximum Gasteiger partial charge on any atom is 0.128 e. The first-order chi connectivity index (χ1) is 8.86. The van der Waals surface area contributed by atoms with Gasteiger partial charge < -0.3 is 10.1 Å². The van der Waals surface area contributed by atoms with Crippen LogP contribution in [0.1, 0.15) is 37.7 Å². The van der Waals surface area contributed by atoms with Crippen molar-refractivity contribution in [2.45, 2.75) is 44.8 Å². The van der Waals surface area contributed by atoms with E-state index in [1.54, 1.807) is 12.1 Å². The standard InChI is InChI=1S/C15H22FNO/c16-15-9-4-1-6-13(15)12-18-11-5-10-17-14-7-2-3-8-14/h1,4,6,9,14,17H,2-3,5,7-8,10-12H2. The lowest BCUT2D eigenvalue weighted by molar-refractivity contribution is 0.115. The minimum Gasteiger partial charge on any atom is -0.377 e. The molecular formula is C15H22FNO. The minimum absolute atomic E-state index is 0.179. The van der Waals surface area contributed by atoms with Crippen LogP contribution in [-0.4, -0.2) is 19.2 Å². The van der Waals surface area contributed by atoms with Crippen molar-refractivity contribution in [1.29, 1.82) is 0 Å². The van der Waals surface area contributed by atoms with Gasteiger partial charge in [0.1, 0.15) is 5.82 Å². The fourth-order valence-corrected chi connectivity index (χ4v) is 2.41. The molecule has 0 saturated heterocycles. The summed E-state index contributed by atoms with van der Waals surface area (Å²) in [6.07, 6.45) is 6.35. The summed E-state index contributed by atoms with van der Waals surface area (Å²) < 4.78 is 18.8. The molecule has 0 spiro atoms. The van der Waals surface area contributed by atoms with Crippen molar-refractivity contribution >= 4 is 0 Å². The average Bonchev–Trinajstić information content (AvgIpc) is 2.89. The summed E-state index contributed by atoms with van der Waals surface area (Å²) in [6.45, 7) is 2.06. The molecule has 100 valence electrons. The molecule has 0 aliphatic heterocycles. The first-order valence-corrected chi connectivity index (χ1v) is 6.91. The third kappa shape index (κ3) is 4.39. The molecule has 0 amide bonds. The predicted molar refractivity (Wildman–Crippen MR) is 70.9 cm³/mol. The smallest absolute Gasteiger partial charge is 0.128 e. The second-order valence-corrected chi connectivity index (χ2v) is 4.93. The van der Waals surface area contributed by atoms with Crippen LogP contribution in [0.5, 0.6) is 0 Å². The molecule has 0 bridgehead atoms. The van der Waals surface area contributed by atoms with Gasteiger partial charge in [-0.25, -0.2) is 4.39 Å². The van der Waals surface area contributed by atoms with Crippen molar-refractivity contribution < 1.29 is 9.13 Å². The third-order valence-corrected chi connectivity index (χ3v) is 3.47. The van der Waals surface area contributed by atoms with Gasteiger partial charge >= 0.3 is 0 Å². The number of nitrogens with one attached hydrogen (secondary N) is 1. The van der Waals surface area contributed by atoms with E-state index >= 15 is 0 Å². The Bertz CT molecular complexity index is 350. The van der Waals surface area contributed by atoms with Gasteiger partial charge in [-0.2, -0.15) is 0 Å². The largest absolute Gasteiger partial charge is 0.377 e. The van der Waals surface area contributed by atoms with E-state index in [4.69, 9.17) is 4.74 Å². The van der Waals surface area contributed by atoms with Crippen LogP contribution < -0.4 is 5.32 Å². The maximum absolute atomic E-state index is 13.3. The number of hydrogen-bond donors (Lipinski definition) is 1. The number of ether oxygens (including phenoxy) is 1. The Morgan fingerprint density at radius 2 is 2.00 bits per heavy atom. The second-order valence-electron chi connectivity index (χ2n) is 4.93. The van der Waals surface area contributed by atoms with E-state index in [1.807, 2.05) is 6.07 Å². The zero-order valence-electron chi connectivity index (χ0n) is 10.8. The van der Waals surface area contributed by atoms with E-state index in [0.717, 1.165) is 19.0 Å². The van der Waals surface area contributed by atoms with E-state index in [0.29, 0.717) is 18.8 Å². The zero-order valence-corrected chi connectivity index (χ0v) is 10.8. The highest BCUT2D eigenvalue weighted by Gasteiger charge is 2.13. The minimum atomic E-state index is -0.179. The lowest BCUT2D eigenvalue weighted by atomic mass is 10.2. The van der Waals surface area contributed by atoms with Crippen molar-refractivity contribution in [2.24, 2.45) is 0 Å². The summed E-state index contributed by atoms with van der Waals surface area (Å²) in [5, 5.41) is 3.54. The number of hydrogen-bond acceptors (Lipinski definition) is 2. The highest BCUT2D eigenvalue weighted by molar-refractivity contribution is 5.16. The van der Waals surface area contributed by atoms with Crippen molar-refractivity contribution in [2.75, 3.05) is 13.2 Å². The molecule has 1 N–H and O–H groups in total. The molecule has 1 aliphatic carbocycles. The first-order valence-electron chi connectivity index (χ1n) is 6.91. The Labute approximate surface area is 109 Å². The number of benzene rings is 1.